The van der Waals surface area contributed by atoms with E-state index in [4.69, 9.17) is 10.5 Å². The van der Waals surface area contributed by atoms with Crippen molar-refractivity contribution in [1.29, 1.82) is 0 Å². The van der Waals surface area contributed by atoms with Crippen molar-refractivity contribution in [3.8, 4) is 5.75 Å². The fourth-order valence-electron chi connectivity index (χ4n) is 2.56. The van der Waals surface area contributed by atoms with Gasteiger partial charge in [0.2, 0.25) is 0 Å². The van der Waals surface area contributed by atoms with Gasteiger partial charge in [-0.05, 0) is 41.0 Å². The average Bonchev–Trinajstić information content (AvgIpc) is 2.72. The van der Waals surface area contributed by atoms with Crippen LogP contribution < -0.4 is 10.5 Å². The van der Waals surface area contributed by atoms with Crippen LogP contribution in [0.4, 0.5) is 4.79 Å². The van der Waals surface area contributed by atoms with Gasteiger partial charge < -0.3 is 10.5 Å². The highest BCUT2D eigenvalue weighted by Gasteiger charge is 2.15. The summed E-state index contributed by atoms with van der Waals surface area (Å²) in [6, 6.07) is 27.1. The highest BCUT2D eigenvalue weighted by Crippen LogP contribution is 2.28. The second kappa shape index (κ2) is 8.67. The van der Waals surface area contributed by atoms with Gasteiger partial charge in [-0.3, -0.25) is 0 Å². The Morgan fingerprint density at radius 1 is 0.926 bits per heavy atom. The molecule has 0 saturated carbocycles. The van der Waals surface area contributed by atoms with Crippen LogP contribution in [0.15, 0.2) is 90.0 Å². The zero-order chi connectivity index (χ0) is 19.1. The fraction of sp³-hybridized carbons (Fsp3) is 0.0909. The van der Waals surface area contributed by atoms with Gasteiger partial charge in [0.1, 0.15) is 11.9 Å². The highest BCUT2D eigenvalue weighted by molar-refractivity contribution is 5.81. The number of urea groups is 1. The zero-order valence-electron chi connectivity index (χ0n) is 15.0. The van der Waals surface area contributed by atoms with Crippen molar-refractivity contribution in [3.63, 3.8) is 0 Å². The number of hydrogen-bond donors (Lipinski definition) is 1. The number of hydrazone groups is 1. The topological polar surface area (TPSA) is 67.9 Å². The van der Waals surface area contributed by atoms with Crippen molar-refractivity contribution >= 4 is 12.2 Å². The number of carbonyl (C=O) groups is 1. The van der Waals surface area contributed by atoms with Crippen LogP contribution in [0.5, 0.6) is 5.75 Å². The Hall–Kier alpha value is -3.60. The Kier molecular flexibility index (Phi) is 5.84. The van der Waals surface area contributed by atoms with E-state index in [2.05, 4.69) is 29.4 Å². The normalized spacial score (nSPS) is 10.9. The molecule has 5 heteroatoms. The number of amides is 2. The second-order valence-electron chi connectivity index (χ2n) is 5.99. The fourth-order valence-corrected chi connectivity index (χ4v) is 2.56. The smallest absolute Gasteiger partial charge is 0.334 e. The first-order valence-corrected chi connectivity index (χ1v) is 8.57. The van der Waals surface area contributed by atoms with Gasteiger partial charge in [-0.1, -0.05) is 60.7 Å². The van der Waals surface area contributed by atoms with Crippen molar-refractivity contribution in [3.05, 3.63) is 102 Å². The van der Waals surface area contributed by atoms with Gasteiger partial charge in [0, 0.05) is 7.05 Å². The summed E-state index contributed by atoms with van der Waals surface area (Å²) >= 11 is 0. The van der Waals surface area contributed by atoms with Gasteiger partial charge in [0.25, 0.3) is 0 Å². The third-order valence-corrected chi connectivity index (χ3v) is 4.04. The molecule has 0 spiro atoms. The average molecular weight is 359 g/mol. The van der Waals surface area contributed by atoms with Crippen molar-refractivity contribution < 1.29 is 9.53 Å². The maximum Gasteiger partial charge on any atom is 0.334 e. The van der Waals surface area contributed by atoms with Crippen LogP contribution in [0.1, 0.15) is 22.8 Å². The van der Waals surface area contributed by atoms with Crippen LogP contribution in [0.25, 0.3) is 0 Å². The van der Waals surface area contributed by atoms with E-state index >= 15 is 0 Å². The third-order valence-electron chi connectivity index (χ3n) is 4.04. The lowest BCUT2D eigenvalue weighted by atomic mass is 10.0. The molecule has 3 rings (SSSR count). The molecule has 0 aliphatic carbocycles. The SMILES string of the molecule is CN(N=Cc1ccc(OC(c2ccccc2)c2ccccc2)cc1)C(N)=O. The summed E-state index contributed by atoms with van der Waals surface area (Å²) in [6.45, 7) is 0. The summed E-state index contributed by atoms with van der Waals surface area (Å²) in [7, 11) is 1.50. The largest absolute Gasteiger partial charge is 0.481 e. The first-order chi connectivity index (χ1) is 13.1. The quantitative estimate of drug-likeness (QED) is 0.529. The molecule has 0 radical (unpaired) electrons. The molecule has 2 N–H and O–H groups in total. The molecule has 0 saturated heterocycles. The molecule has 0 aliphatic heterocycles. The number of nitrogens with zero attached hydrogens (tertiary/aromatic N) is 2. The van der Waals surface area contributed by atoms with Gasteiger partial charge >= 0.3 is 6.03 Å². The van der Waals surface area contributed by atoms with E-state index in [1.165, 1.54) is 7.05 Å². The van der Waals surface area contributed by atoms with Crippen LogP contribution in [-0.4, -0.2) is 24.3 Å². The van der Waals surface area contributed by atoms with Gasteiger partial charge in [-0.25, -0.2) is 9.80 Å². The van der Waals surface area contributed by atoms with Crippen LogP contribution in [0.2, 0.25) is 0 Å². The molecule has 0 bridgehead atoms. The minimum absolute atomic E-state index is 0.201. The highest BCUT2D eigenvalue weighted by atomic mass is 16.5. The maximum atomic E-state index is 11.0. The lowest BCUT2D eigenvalue weighted by Crippen LogP contribution is -2.27. The van der Waals surface area contributed by atoms with E-state index in [0.717, 1.165) is 27.4 Å². The van der Waals surface area contributed by atoms with Crippen LogP contribution in [0, 0.1) is 0 Å². The Labute approximate surface area is 158 Å². The molecule has 27 heavy (non-hydrogen) atoms. The summed E-state index contributed by atoms with van der Waals surface area (Å²) in [6.07, 6.45) is 1.37. The number of hydrogen-bond acceptors (Lipinski definition) is 3. The molecule has 0 heterocycles. The molecule has 3 aromatic carbocycles. The van der Waals surface area contributed by atoms with Crippen LogP contribution in [0.3, 0.4) is 0 Å². The monoisotopic (exact) mass is 359 g/mol. The van der Waals surface area contributed by atoms with E-state index < -0.39 is 6.03 Å². The van der Waals surface area contributed by atoms with Crippen molar-refractivity contribution in [1.82, 2.24) is 5.01 Å². The molecular weight excluding hydrogens is 338 g/mol. The second-order valence-corrected chi connectivity index (χ2v) is 5.99. The molecular formula is C22H21N3O2. The number of carbonyl (C=O) groups excluding carboxylic acids is 1. The standard InChI is InChI=1S/C22H21N3O2/c1-25(22(23)26)24-16-17-12-14-20(15-13-17)27-21(18-8-4-2-5-9-18)19-10-6-3-7-11-19/h2-16,21H,1H3,(H2,23,26). The number of primary amides is 1. The first-order valence-electron chi connectivity index (χ1n) is 8.57. The number of nitrogens with two attached hydrogens (primary N) is 1. The summed E-state index contributed by atoms with van der Waals surface area (Å²) in [5, 5.41) is 5.05. The molecule has 3 aromatic rings. The van der Waals surface area contributed by atoms with Gasteiger partial charge in [0.05, 0.1) is 6.21 Å². The van der Waals surface area contributed by atoms with Gasteiger partial charge in [-0.2, -0.15) is 5.10 Å². The summed E-state index contributed by atoms with van der Waals surface area (Å²) in [4.78, 5) is 11.0. The van der Waals surface area contributed by atoms with Crippen LogP contribution in [-0.2, 0) is 0 Å². The Bertz CT molecular complexity index is 854. The van der Waals surface area contributed by atoms with E-state index in [1.807, 2.05) is 60.7 Å². The number of rotatable bonds is 6. The molecule has 2 amide bonds. The molecule has 0 unspecified atom stereocenters. The summed E-state index contributed by atoms with van der Waals surface area (Å²) in [5.41, 5.74) is 8.14. The Morgan fingerprint density at radius 2 is 1.44 bits per heavy atom. The lowest BCUT2D eigenvalue weighted by molar-refractivity contribution is 0.220. The zero-order valence-corrected chi connectivity index (χ0v) is 15.0. The van der Waals surface area contributed by atoms with E-state index in [9.17, 15) is 4.79 Å². The Morgan fingerprint density at radius 3 is 1.93 bits per heavy atom. The Balaban J connectivity index is 1.79. The van der Waals surface area contributed by atoms with Crippen molar-refractivity contribution in [2.45, 2.75) is 6.10 Å². The van der Waals surface area contributed by atoms with E-state index in [-0.39, 0.29) is 6.10 Å². The van der Waals surface area contributed by atoms with Gasteiger partial charge in [0.15, 0.2) is 0 Å². The van der Waals surface area contributed by atoms with Crippen molar-refractivity contribution in [2.75, 3.05) is 7.05 Å². The minimum Gasteiger partial charge on any atom is -0.481 e. The van der Waals surface area contributed by atoms with E-state index in [1.54, 1.807) is 6.21 Å². The lowest BCUT2D eigenvalue weighted by Gasteiger charge is -2.20. The molecule has 0 fully saturated rings. The number of ether oxygens (including phenoxy) is 1. The first kappa shape index (κ1) is 18.2. The molecule has 136 valence electrons. The van der Waals surface area contributed by atoms with E-state index in [0.29, 0.717) is 0 Å². The summed E-state index contributed by atoms with van der Waals surface area (Å²) < 4.78 is 6.28. The predicted molar refractivity (Wildman–Crippen MR) is 107 cm³/mol. The molecule has 0 atom stereocenters. The summed E-state index contributed by atoms with van der Waals surface area (Å²) in [5.74, 6) is 0.744. The molecule has 0 aliphatic rings. The predicted octanol–water partition coefficient (Wildman–Crippen LogP) is 4.20. The minimum atomic E-state index is -0.611. The van der Waals surface area contributed by atoms with Crippen LogP contribution >= 0.6 is 0 Å². The third kappa shape index (κ3) is 4.95. The molecule has 5 nitrogen and oxygen atoms in total. The number of benzene rings is 3. The van der Waals surface area contributed by atoms with Crippen molar-refractivity contribution in [2.24, 2.45) is 10.8 Å². The maximum absolute atomic E-state index is 11.0. The molecule has 0 aromatic heterocycles. The van der Waals surface area contributed by atoms with Gasteiger partial charge in [-0.15, -0.1) is 0 Å².